The van der Waals surface area contributed by atoms with Crippen LogP contribution in [0.25, 0.3) is 0 Å². The fourth-order valence-corrected chi connectivity index (χ4v) is 2.58. The van der Waals surface area contributed by atoms with E-state index in [-0.39, 0.29) is 5.75 Å². The molecule has 0 saturated carbocycles. The van der Waals surface area contributed by atoms with Gasteiger partial charge in [-0.2, -0.15) is 0 Å². The number of phenols is 1. The van der Waals surface area contributed by atoms with Crippen LogP contribution in [0.1, 0.15) is 30.5 Å². The maximum atomic E-state index is 9.81. The Bertz CT molecular complexity index is 704. The molecule has 2 aromatic carbocycles. The summed E-state index contributed by atoms with van der Waals surface area (Å²) in [6.07, 6.45) is 1.85. The van der Waals surface area contributed by atoms with E-state index in [9.17, 15) is 5.11 Å². The Hall–Kier alpha value is -2.69. The fraction of sp³-hybridized carbons (Fsp3) is 0.316. The van der Waals surface area contributed by atoms with Crippen LogP contribution in [-0.4, -0.2) is 18.2 Å². The van der Waals surface area contributed by atoms with Crippen LogP contribution in [0.3, 0.4) is 0 Å². The number of hydrogen-bond acceptors (Lipinski definition) is 3. The number of nitrogens with two attached hydrogens (primary N) is 1. The van der Waals surface area contributed by atoms with Crippen LogP contribution in [-0.2, 0) is 19.4 Å². The van der Waals surface area contributed by atoms with Crippen molar-refractivity contribution in [3.63, 3.8) is 0 Å². The van der Waals surface area contributed by atoms with Gasteiger partial charge in [-0.1, -0.05) is 38.1 Å². The second kappa shape index (κ2) is 8.24. The SMILES string of the molecule is CCc1cccc(CC)c1NC(N)=NCc1ccc(OC)c(O)c1. The van der Waals surface area contributed by atoms with Crippen molar-refractivity contribution in [1.82, 2.24) is 0 Å². The smallest absolute Gasteiger partial charge is 0.193 e. The summed E-state index contributed by atoms with van der Waals surface area (Å²) in [5.41, 5.74) is 10.4. The number of aryl methyl sites for hydroxylation is 2. The van der Waals surface area contributed by atoms with E-state index in [2.05, 4.69) is 42.4 Å². The molecular weight excluding hydrogens is 302 g/mol. The lowest BCUT2D eigenvalue weighted by Gasteiger charge is -2.15. The van der Waals surface area contributed by atoms with E-state index in [1.165, 1.54) is 18.2 Å². The zero-order valence-electron chi connectivity index (χ0n) is 14.5. The first kappa shape index (κ1) is 17.7. The number of ether oxygens (including phenoxy) is 1. The topological polar surface area (TPSA) is 79.9 Å². The van der Waals surface area contributed by atoms with Crippen LogP contribution in [0.5, 0.6) is 11.5 Å². The lowest BCUT2D eigenvalue weighted by atomic mass is 10.0. The molecule has 0 fully saturated rings. The van der Waals surface area contributed by atoms with E-state index in [0.717, 1.165) is 24.1 Å². The molecule has 2 rings (SSSR count). The van der Waals surface area contributed by atoms with Gasteiger partial charge in [0.1, 0.15) is 0 Å². The van der Waals surface area contributed by atoms with Crippen LogP contribution < -0.4 is 15.8 Å². The maximum absolute atomic E-state index is 9.81. The molecule has 5 nitrogen and oxygen atoms in total. The van der Waals surface area contributed by atoms with E-state index in [1.54, 1.807) is 12.1 Å². The van der Waals surface area contributed by atoms with E-state index in [4.69, 9.17) is 10.5 Å². The van der Waals surface area contributed by atoms with Gasteiger partial charge in [0, 0.05) is 5.69 Å². The van der Waals surface area contributed by atoms with Gasteiger partial charge >= 0.3 is 0 Å². The molecule has 0 unspecified atom stereocenters. The minimum atomic E-state index is 0.0985. The van der Waals surface area contributed by atoms with Crippen LogP contribution >= 0.6 is 0 Å². The van der Waals surface area contributed by atoms with Crippen molar-refractivity contribution in [3.05, 3.63) is 53.1 Å². The summed E-state index contributed by atoms with van der Waals surface area (Å²) < 4.78 is 5.03. The average molecular weight is 327 g/mol. The van der Waals surface area contributed by atoms with Gasteiger partial charge in [-0.3, -0.25) is 0 Å². The van der Waals surface area contributed by atoms with Crippen LogP contribution in [0.15, 0.2) is 41.4 Å². The highest BCUT2D eigenvalue weighted by atomic mass is 16.5. The lowest BCUT2D eigenvalue weighted by molar-refractivity contribution is 0.373. The number of anilines is 1. The molecule has 4 N–H and O–H groups in total. The summed E-state index contributed by atoms with van der Waals surface area (Å²) in [6, 6.07) is 11.5. The number of benzene rings is 2. The van der Waals surface area contributed by atoms with E-state index < -0.39 is 0 Å². The summed E-state index contributed by atoms with van der Waals surface area (Å²) in [6.45, 7) is 4.62. The Morgan fingerprint density at radius 3 is 2.38 bits per heavy atom. The predicted octanol–water partition coefficient (Wildman–Crippen LogP) is 3.45. The second-order valence-corrected chi connectivity index (χ2v) is 5.49. The van der Waals surface area contributed by atoms with Crippen molar-refractivity contribution >= 4 is 11.6 Å². The second-order valence-electron chi connectivity index (χ2n) is 5.49. The van der Waals surface area contributed by atoms with Crippen LogP contribution in [0.2, 0.25) is 0 Å². The van der Waals surface area contributed by atoms with Gasteiger partial charge in [0.2, 0.25) is 0 Å². The Labute approximate surface area is 143 Å². The number of aromatic hydroxyl groups is 1. The molecule has 0 atom stereocenters. The minimum absolute atomic E-state index is 0.0985. The molecule has 0 heterocycles. The number of nitrogens with zero attached hydrogens (tertiary/aromatic N) is 1. The molecule has 2 aromatic rings. The number of methoxy groups -OCH3 is 1. The average Bonchev–Trinajstić information content (AvgIpc) is 2.60. The first-order valence-corrected chi connectivity index (χ1v) is 8.12. The summed E-state index contributed by atoms with van der Waals surface area (Å²) in [5.74, 6) is 0.903. The third-order valence-corrected chi connectivity index (χ3v) is 3.93. The third kappa shape index (κ3) is 4.19. The van der Waals surface area contributed by atoms with Crippen LogP contribution in [0.4, 0.5) is 5.69 Å². The number of nitrogens with one attached hydrogen (secondary N) is 1. The molecule has 0 spiro atoms. The van der Waals surface area contributed by atoms with E-state index in [0.29, 0.717) is 18.3 Å². The highest BCUT2D eigenvalue weighted by molar-refractivity contribution is 5.93. The Kier molecular flexibility index (Phi) is 6.07. The van der Waals surface area contributed by atoms with Gasteiger partial charge in [-0.05, 0) is 41.7 Å². The highest BCUT2D eigenvalue weighted by Crippen LogP contribution is 2.26. The zero-order valence-corrected chi connectivity index (χ0v) is 14.5. The predicted molar refractivity (Wildman–Crippen MR) is 98.8 cm³/mol. The summed E-state index contributed by atoms with van der Waals surface area (Å²) >= 11 is 0. The molecule has 0 aliphatic carbocycles. The van der Waals surface area contributed by atoms with Gasteiger partial charge in [0.05, 0.1) is 13.7 Å². The summed E-state index contributed by atoms with van der Waals surface area (Å²) in [4.78, 5) is 4.37. The van der Waals surface area contributed by atoms with E-state index in [1.807, 2.05) is 6.07 Å². The fourth-order valence-electron chi connectivity index (χ4n) is 2.58. The summed E-state index contributed by atoms with van der Waals surface area (Å²) in [5, 5.41) is 13.0. The molecule has 0 saturated heterocycles. The monoisotopic (exact) mass is 327 g/mol. The molecule has 128 valence electrons. The normalized spacial score (nSPS) is 11.4. The molecule has 5 heteroatoms. The zero-order chi connectivity index (χ0) is 17.5. The van der Waals surface area contributed by atoms with Crippen molar-refractivity contribution in [2.45, 2.75) is 33.2 Å². The van der Waals surface area contributed by atoms with Crippen molar-refractivity contribution in [2.24, 2.45) is 10.7 Å². The summed E-state index contributed by atoms with van der Waals surface area (Å²) in [7, 11) is 1.52. The standard InChI is InChI=1S/C19H25N3O2/c1-4-14-7-6-8-15(5-2)18(14)22-19(20)21-12-13-9-10-17(24-3)16(23)11-13/h6-11,23H,4-5,12H2,1-3H3,(H3,20,21,22). The quantitative estimate of drug-likeness (QED) is 0.561. The minimum Gasteiger partial charge on any atom is -0.504 e. The number of rotatable bonds is 6. The van der Waals surface area contributed by atoms with Crippen molar-refractivity contribution in [2.75, 3.05) is 12.4 Å². The third-order valence-electron chi connectivity index (χ3n) is 3.93. The van der Waals surface area contributed by atoms with Gasteiger partial charge in [0.25, 0.3) is 0 Å². The highest BCUT2D eigenvalue weighted by Gasteiger charge is 2.07. The van der Waals surface area contributed by atoms with Crippen LogP contribution in [0, 0.1) is 0 Å². The van der Waals surface area contributed by atoms with Crippen molar-refractivity contribution in [1.29, 1.82) is 0 Å². The molecule has 0 amide bonds. The van der Waals surface area contributed by atoms with Gasteiger partial charge in [-0.15, -0.1) is 0 Å². The van der Waals surface area contributed by atoms with Crippen molar-refractivity contribution in [3.8, 4) is 11.5 Å². The maximum Gasteiger partial charge on any atom is 0.193 e. The molecule has 0 aliphatic heterocycles. The number of phenolic OH excluding ortho intramolecular Hbond substituents is 1. The molecule has 0 aliphatic rings. The van der Waals surface area contributed by atoms with Gasteiger partial charge < -0.3 is 20.9 Å². The van der Waals surface area contributed by atoms with Gasteiger partial charge in [-0.25, -0.2) is 4.99 Å². The number of aliphatic imine (C=N–C) groups is 1. The number of hydrogen-bond donors (Lipinski definition) is 3. The first-order chi connectivity index (χ1) is 11.6. The van der Waals surface area contributed by atoms with E-state index >= 15 is 0 Å². The molecular formula is C19H25N3O2. The molecule has 24 heavy (non-hydrogen) atoms. The Morgan fingerprint density at radius 2 is 1.83 bits per heavy atom. The largest absolute Gasteiger partial charge is 0.504 e. The number of guanidine groups is 1. The Balaban J connectivity index is 2.14. The molecule has 0 radical (unpaired) electrons. The van der Waals surface area contributed by atoms with Gasteiger partial charge in [0.15, 0.2) is 17.5 Å². The van der Waals surface area contributed by atoms with Crippen molar-refractivity contribution < 1.29 is 9.84 Å². The Morgan fingerprint density at radius 1 is 1.17 bits per heavy atom. The molecule has 0 aromatic heterocycles. The first-order valence-electron chi connectivity index (χ1n) is 8.12. The molecule has 0 bridgehead atoms. The lowest BCUT2D eigenvalue weighted by Crippen LogP contribution is -2.24. The number of para-hydroxylation sites is 1.